The molecule has 0 bridgehead atoms. The quantitative estimate of drug-likeness (QED) is 0.347. The summed E-state index contributed by atoms with van der Waals surface area (Å²) in [6.07, 6.45) is -3.13. The summed E-state index contributed by atoms with van der Waals surface area (Å²) in [4.78, 5) is 0. The lowest BCUT2D eigenvalue weighted by atomic mass is 10.1. The number of rotatable bonds is 3. The van der Waals surface area contributed by atoms with Crippen molar-refractivity contribution < 1.29 is 22.3 Å². The molecule has 0 N–H and O–H groups in total. The summed E-state index contributed by atoms with van der Waals surface area (Å²) in [5.74, 6) is 11.2. The molecule has 0 spiro atoms. The van der Waals surface area contributed by atoms with E-state index in [1.54, 1.807) is 30.3 Å². The number of halogens is 4. The van der Waals surface area contributed by atoms with Crippen molar-refractivity contribution in [2.45, 2.75) is 26.1 Å². The van der Waals surface area contributed by atoms with Crippen molar-refractivity contribution in [3.63, 3.8) is 0 Å². The normalized spacial score (nSPS) is 10.5. The number of hydrogen-bond donors (Lipinski definition) is 0. The lowest BCUT2D eigenvalue weighted by molar-refractivity contribution is -0.274. The van der Waals surface area contributed by atoms with Gasteiger partial charge in [0.05, 0.1) is 0 Å². The number of aryl methyl sites for hydroxylation is 1. The lowest BCUT2D eigenvalue weighted by Gasteiger charge is -2.07. The molecule has 0 aliphatic carbocycles. The highest BCUT2D eigenvalue weighted by Crippen LogP contribution is 2.22. The average molecular weight is 422 g/mol. The maximum absolute atomic E-state index is 14.0. The average Bonchev–Trinajstić information content (AvgIpc) is 2.73. The summed E-state index contributed by atoms with van der Waals surface area (Å²) in [6.45, 7) is 2.00. The smallest absolute Gasteiger partial charge is 0.406 e. The van der Waals surface area contributed by atoms with E-state index in [0.29, 0.717) is 23.1 Å². The zero-order valence-corrected chi connectivity index (χ0v) is 16.7. The van der Waals surface area contributed by atoms with Crippen LogP contribution in [0.3, 0.4) is 0 Å². The molecule has 0 fully saturated rings. The maximum Gasteiger partial charge on any atom is 0.573 e. The number of ether oxygens (including phenoxy) is 1. The van der Waals surface area contributed by atoms with E-state index in [4.69, 9.17) is 0 Å². The summed E-state index contributed by atoms with van der Waals surface area (Å²) in [6, 6.07) is 17.6. The van der Waals surface area contributed by atoms with Crippen LogP contribution in [0.25, 0.3) is 0 Å². The first-order chi connectivity index (χ1) is 14.8. The van der Waals surface area contributed by atoms with Gasteiger partial charge >= 0.3 is 6.36 Å². The topological polar surface area (TPSA) is 9.23 Å². The zero-order chi connectivity index (χ0) is 22.3. The molecule has 0 unspecified atom stereocenters. The molecule has 1 nitrogen and oxygen atoms in total. The van der Waals surface area contributed by atoms with Crippen LogP contribution in [-0.4, -0.2) is 6.36 Å². The fourth-order valence-electron chi connectivity index (χ4n) is 2.76. The Hall–Kier alpha value is -3.70. The van der Waals surface area contributed by atoms with E-state index in [0.717, 1.165) is 17.5 Å². The predicted octanol–water partition coefficient (Wildman–Crippen LogP) is 6.48. The third-order valence-corrected chi connectivity index (χ3v) is 4.25. The Labute approximate surface area is 178 Å². The molecule has 0 aliphatic heterocycles. The van der Waals surface area contributed by atoms with Crippen LogP contribution < -0.4 is 4.74 Å². The minimum Gasteiger partial charge on any atom is -0.406 e. The van der Waals surface area contributed by atoms with Crippen LogP contribution in [0.2, 0.25) is 0 Å². The highest BCUT2D eigenvalue weighted by molar-refractivity contribution is 5.48. The first-order valence-corrected chi connectivity index (χ1v) is 9.61. The van der Waals surface area contributed by atoms with E-state index in [2.05, 4.69) is 28.4 Å². The van der Waals surface area contributed by atoms with Gasteiger partial charge in [-0.25, -0.2) is 4.39 Å². The standard InChI is InChI=1S/C26H18F4O/c1-2-3-23-15-12-22(18-25(23)27)11-10-20-6-4-19(5-7-20)8-9-21-13-16-24(17-14-21)31-26(28,29)30/h4-7,12-18H,2-3H2,1H3. The second-order valence-corrected chi connectivity index (χ2v) is 6.71. The lowest BCUT2D eigenvalue weighted by Crippen LogP contribution is -2.16. The molecular weight excluding hydrogens is 404 g/mol. The van der Waals surface area contributed by atoms with Gasteiger partial charge in [-0.15, -0.1) is 13.2 Å². The molecule has 0 atom stereocenters. The summed E-state index contributed by atoms with van der Waals surface area (Å²) in [5.41, 5.74) is 3.36. The Bertz CT molecular complexity index is 1150. The van der Waals surface area contributed by atoms with E-state index in [-0.39, 0.29) is 11.6 Å². The van der Waals surface area contributed by atoms with Crippen molar-refractivity contribution in [3.05, 3.63) is 100 Å². The third kappa shape index (κ3) is 6.94. The molecule has 31 heavy (non-hydrogen) atoms. The van der Waals surface area contributed by atoms with Crippen LogP contribution in [0.4, 0.5) is 17.6 Å². The first-order valence-electron chi connectivity index (χ1n) is 9.61. The SMILES string of the molecule is CCCc1ccc(C#Cc2ccc(C#Cc3ccc(OC(F)(F)F)cc3)cc2)cc1F. The van der Waals surface area contributed by atoms with Gasteiger partial charge in [0.1, 0.15) is 11.6 Å². The van der Waals surface area contributed by atoms with E-state index in [1.807, 2.05) is 13.0 Å². The molecule has 0 amide bonds. The van der Waals surface area contributed by atoms with Gasteiger partial charge in [0.2, 0.25) is 0 Å². The molecule has 3 aromatic rings. The minimum absolute atomic E-state index is 0.239. The molecule has 0 radical (unpaired) electrons. The Kier molecular flexibility index (Phi) is 7.00. The van der Waals surface area contributed by atoms with E-state index < -0.39 is 6.36 Å². The zero-order valence-electron chi connectivity index (χ0n) is 16.7. The fourth-order valence-corrected chi connectivity index (χ4v) is 2.76. The summed E-state index contributed by atoms with van der Waals surface area (Å²) >= 11 is 0. The van der Waals surface area contributed by atoms with Gasteiger partial charge in [0.15, 0.2) is 0 Å². The molecule has 3 aromatic carbocycles. The monoisotopic (exact) mass is 422 g/mol. The van der Waals surface area contributed by atoms with Crippen molar-refractivity contribution in [1.82, 2.24) is 0 Å². The maximum atomic E-state index is 14.0. The molecule has 3 rings (SSSR count). The Balaban J connectivity index is 1.66. The van der Waals surface area contributed by atoms with Gasteiger partial charge in [-0.1, -0.05) is 43.1 Å². The van der Waals surface area contributed by atoms with Crippen LogP contribution in [0.15, 0.2) is 66.7 Å². The van der Waals surface area contributed by atoms with Crippen molar-refractivity contribution in [2.75, 3.05) is 0 Å². The van der Waals surface area contributed by atoms with Crippen molar-refractivity contribution in [2.24, 2.45) is 0 Å². The molecule has 0 heterocycles. The second kappa shape index (κ2) is 9.87. The highest BCUT2D eigenvalue weighted by atomic mass is 19.4. The second-order valence-electron chi connectivity index (χ2n) is 6.71. The molecule has 0 aliphatic rings. The van der Waals surface area contributed by atoms with Crippen LogP contribution in [0.1, 0.15) is 41.2 Å². The van der Waals surface area contributed by atoms with Gasteiger partial charge in [-0.3, -0.25) is 0 Å². The molecule has 156 valence electrons. The number of hydrogen-bond acceptors (Lipinski definition) is 1. The Morgan fingerprint density at radius 1 is 0.710 bits per heavy atom. The fraction of sp³-hybridized carbons (Fsp3) is 0.154. The van der Waals surface area contributed by atoms with Gasteiger partial charge in [0.25, 0.3) is 0 Å². The van der Waals surface area contributed by atoms with Crippen LogP contribution in [0.5, 0.6) is 5.75 Å². The molecule has 0 aromatic heterocycles. The molecule has 0 saturated carbocycles. The summed E-state index contributed by atoms with van der Waals surface area (Å²) < 4.78 is 54.4. The molecule has 0 saturated heterocycles. The van der Waals surface area contributed by atoms with Gasteiger partial charge < -0.3 is 4.74 Å². The van der Waals surface area contributed by atoms with Crippen LogP contribution >= 0.6 is 0 Å². The van der Waals surface area contributed by atoms with Crippen molar-refractivity contribution >= 4 is 0 Å². The van der Waals surface area contributed by atoms with E-state index in [9.17, 15) is 17.6 Å². The molecular formula is C26H18F4O. The van der Waals surface area contributed by atoms with Gasteiger partial charge in [-0.05, 0) is 72.6 Å². The van der Waals surface area contributed by atoms with Crippen molar-refractivity contribution in [3.8, 4) is 29.4 Å². The van der Waals surface area contributed by atoms with Crippen LogP contribution in [-0.2, 0) is 6.42 Å². The summed E-state index contributed by atoms with van der Waals surface area (Å²) in [5, 5.41) is 0. The van der Waals surface area contributed by atoms with Crippen LogP contribution in [0, 0.1) is 29.5 Å². The van der Waals surface area contributed by atoms with Gasteiger partial charge in [-0.2, -0.15) is 0 Å². The number of benzene rings is 3. The van der Waals surface area contributed by atoms with E-state index >= 15 is 0 Å². The number of alkyl halides is 3. The summed E-state index contributed by atoms with van der Waals surface area (Å²) in [7, 11) is 0. The Morgan fingerprint density at radius 3 is 1.61 bits per heavy atom. The van der Waals surface area contributed by atoms with Crippen molar-refractivity contribution in [1.29, 1.82) is 0 Å². The van der Waals surface area contributed by atoms with Gasteiger partial charge in [0, 0.05) is 22.3 Å². The largest absolute Gasteiger partial charge is 0.573 e. The molecule has 5 heteroatoms. The first kappa shape index (κ1) is 22.0. The Morgan fingerprint density at radius 2 is 1.16 bits per heavy atom. The predicted molar refractivity (Wildman–Crippen MR) is 112 cm³/mol. The highest BCUT2D eigenvalue weighted by Gasteiger charge is 2.30. The minimum atomic E-state index is -4.72. The van der Waals surface area contributed by atoms with E-state index in [1.165, 1.54) is 30.3 Å². The third-order valence-electron chi connectivity index (χ3n) is 4.25.